The van der Waals surface area contributed by atoms with Crippen LogP contribution in [0.25, 0.3) is 0 Å². The SMILES string of the molecule is O=C1NCc2ccccc21.SCCCOCc1ccccc1.[CH3-].[Cs+]. The second-order valence-electron chi connectivity index (χ2n) is 4.96. The first-order valence-electron chi connectivity index (χ1n) is 7.40. The number of benzene rings is 2. The van der Waals surface area contributed by atoms with E-state index in [0.29, 0.717) is 13.2 Å². The number of carbonyl (C=O) groups excluding carboxylic acids is 1. The molecule has 0 atom stereocenters. The van der Waals surface area contributed by atoms with Crippen molar-refractivity contribution in [2.75, 3.05) is 12.4 Å². The first-order valence-corrected chi connectivity index (χ1v) is 8.03. The normalized spacial score (nSPS) is 11.1. The van der Waals surface area contributed by atoms with Gasteiger partial charge in [0.25, 0.3) is 5.91 Å². The van der Waals surface area contributed by atoms with Crippen LogP contribution in [0.3, 0.4) is 0 Å². The molecule has 0 saturated carbocycles. The van der Waals surface area contributed by atoms with Crippen molar-refractivity contribution in [2.24, 2.45) is 0 Å². The summed E-state index contributed by atoms with van der Waals surface area (Å²) in [5.74, 6) is 0.949. The summed E-state index contributed by atoms with van der Waals surface area (Å²) in [4.78, 5) is 11.0. The summed E-state index contributed by atoms with van der Waals surface area (Å²) in [5.41, 5.74) is 3.16. The summed E-state index contributed by atoms with van der Waals surface area (Å²) >= 11 is 4.10. The number of fused-ring (bicyclic) bond motifs is 1. The molecule has 24 heavy (non-hydrogen) atoms. The van der Waals surface area contributed by atoms with Crippen LogP contribution < -0.4 is 74.2 Å². The molecule has 1 heterocycles. The number of hydrogen-bond donors (Lipinski definition) is 2. The fourth-order valence-electron chi connectivity index (χ4n) is 2.10. The van der Waals surface area contributed by atoms with Crippen molar-refractivity contribution < 1.29 is 78.4 Å². The Morgan fingerprint density at radius 1 is 1.04 bits per heavy atom. The fourth-order valence-corrected chi connectivity index (χ4v) is 2.23. The molecule has 0 unspecified atom stereocenters. The summed E-state index contributed by atoms with van der Waals surface area (Å²) < 4.78 is 5.41. The molecule has 1 aliphatic rings. The standard InChI is InChI=1S/C10H14OS.C8H7NO.CH3.Cs/c12-8-4-7-11-9-10-5-2-1-3-6-10;10-8-7-4-2-1-3-6(7)5-9-8;;/h1-3,5-6,12H,4,7-9H2;1-4H,5H2,(H,9,10);1H3;/q;;-1;+1. The van der Waals surface area contributed by atoms with E-state index in [-0.39, 0.29) is 82.2 Å². The van der Waals surface area contributed by atoms with E-state index in [9.17, 15) is 4.79 Å². The number of carbonyl (C=O) groups is 1. The van der Waals surface area contributed by atoms with Crippen molar-refractivity contribution in [3.8, 4) is 0 Å². The van der Waals surface area contributed by atoms with Crippen LogP contribution in [0.1, 0.15) is 27.9 Å². The van der Waals surface area contributed by atoms with Crippen LogP contribution in [0, 0.1) is 7.43 Å². The van der Waals surface area contributed by atoms with E-state index in [1.54, 1.807) is 0 Å². The van der Waals surface area contributed by atoms with Crippen LogP contribution in [-0.4, -0.2) is 18.3 Å². The molecule has 0 saturated heterocycles. The van der Waals surface area contributed by atoms with E-state index in [1.165, 1.54) is 5.56 Å². The third kappa shape index (κ3) is 8.58. The number of rotatable bonds is 5. The van der Waals surface area contributed by atoms with Crippen LogP contribution in [0.2, 0.25) is 0 Å². The van der Waals surface area contributed by atoms with Crippen molar-refractivity contribution in [1.82, 2.24) is 5.32 Å². The van der Waals surface area contributed by atoms with Gasteiger partial charge in [-0.1, -0.05) is 48.5 Å². The van der Waals surface area contributed by atoms with Crippen LogP contribution in [0.5, 0.6) is 0 Å². The summed E-state index contributed by atoms with van der Waals surface area (Å²) in [5, 5.41) is 2.75. The van der Waals surface area contributed by atoms with Gasteiger partial charge in [0.2, 0.25) is 0 Å². The van der Waals surface area contributed by atoms with Crippen molar-refractivity contribution in [3.63, 3.8) is 0 Å². The van der Waals surface area contributed by atoms with E-state index in [1.807, 2.05) is 42.5 Å². The zero-order valence-electron chi connectivity index (χ0n) is 14.5. The summed E-state index contributed by atoms with van der Waals surface area (Å²) in [6, 6.07) is 17.8. The van der Waals surface area contributed by atoms with Crippen LogP contribution in [0.4, 0.5) is 0 Å². The largest absolute Gasteiger partial charge is 1.00 e. The minimum atomic E-state index is 0. The predicted molar refractivity (Wildman–Crippen MR) is 98.6 cm³/mol. The number of nitrogens with one attached hydrogen (secondary N) is 1. The minimum Gasteiger partial charge on any atom is -0.377 e. The summed E-state index contributed by atoms with van der Waals surface area (Å²) in [6.45, 7) is 2.21. The molecule has 0 spiro atoms. The van der Waals surface area contributed by atoms with Gasteiger partial charge in [0, 0.05) is 18.7 Å². The maximum Gasteiger partial charge on any atom is 1.00 e. The Labute approximate surface area is 209 Å². The Balaban J connectivity index is 0.000000411. The Morgan fingerprint density at radius 2 is 1.71 bits per heavy atom. The number of hydrogen-bond acceptors (Lipinski definition) is 3. The fraction of sp³-hybridized carbons (Fsp3) is 0.263. The molecule has 5 heteroatoms. The van der Waals surface area contributed by atoms with Crippen LogP contribution >= 0.6 is 12.6 Å². The molecule has 2 aromatic carbocycles. The first-order chi connectivity index (χ1) is 10.8. The molecule has 0 fully saturated rings. The van der Waals surface area contributed by atoms with E-state index in [2.05, 4.69) is 30.1 Å². The van der Waals surface area contributed by atoms with E-state index < -0.39 is 0 Å². The minimum absolute atomic E-state index is 0. The van der Waals surface area contributed by atoms with Crippen molar-refractivity contribution in [3.05, 3.63) is 78.7 Å². The third-order valence-corrected chi connectivity index (χ3v) is 3.58. The number of ether oxygens (including phenoxy) is 1. The zero-order valence-corrected chi connectivity index (χ0v) is 21.7. The van der Waals surface area contributed by atoms with Gasteiger partial charge in [-0.25, -0.2) is 0 Å². The second-order valence-corrected chi connectivity index (χ2v) is 5.40. The third-order valence-electron chi connectivity index (χ3n) is 3.26. The van der Waals surface area contributed by atoms with E-state index in [0.717, 1.165) is 29.9 Å². The Morgan fingerprint density at radius 3 is 2.38 bits per heavy atom. The number of amides is 1. The second kappa shape index (κ2) is 14.4. The van der Waals surface area contributed by atoms with Gasteiger partial charge in [-0.2, -0.15) is 12.6 Å². The molecule has 3 nitrogen and oxygen atoms in total. The van der Waals surface area contributed by atoms with Gasteiger partial charge in [0.1, 0.15) is 0 Å². The van der Waals surface area contributed by atoms with Gasteiger partial charge in [0.05, 0.1) is 6.61 Å². The Hall–Kier alpha value is 0.272. The quantitative estimate of drug-likeness (QED) is 0.393. The molecule has 124 valence electrons. The monoisotopic (exact) mass is 463 g/mol. The van der Waals surface area contributed by atoms with Crippen LogP contribution in [-0.2, 0) is 17.9 Å². The van der Waals surface area contributed by atoms with Crippen LogP contribution in [0.15, 0.2) is 54.6 Å². The molecule has 1 N–H and O–H groups in total. The molecular weight excluding hydrogens is 439 g/mol. The maximum absolute atomic E-state index is 11.0. The first kappa shape index (κ1) is 24.3. The topological polar surface area (TPSA) is 38.3 Å². The predicted octanol–water partition coefficient (Wildman–Crippen LogP) is 0.907. The molecule has 1 aliphatic heterocycles. The van der Waals surface area contributed by atoms with Gasteiger partial charge in [0.15, 0.2) is 0 Å². The van der Waals surface area contributed by atoms with Gasteiger partial charge in [-0.05, 0) is 29.4 Å². The summed E-state index contributed by atoms with van der Waals surface area (Å²) in [6.07, 6.45) is 1.02. The molecule has 0 bridgehead atoms. The average Bonchev–Trinajstić information content (AvgIpc) is 2.95. The van der Waals surface area contributed by atoms with Gasteiger partial charge < -0.3 is 17.5 Å². The van der Waals surface area contributed by atoms with Gasteiger partial charge in [-0.3, -0.25) is 4.79 Å². The Kier molecular flexibility index (Phi) is 14.6. The van der Waals surface area contributed by atoms with Gasteiger partial charge >= 0.3 is 68.9 Å². The molecule has 0 aromatic heterocycles. The molecule has 1 amide bonds. The maximum atomic E-state index is 11.0. The van der Waals surface area contributed by atoms with E-state index in [4.69, 9.17) is 4.74 Å². The molecule has 0 radical (unpaired) electrons. The average molecular weight is 463 g/mol. The number of thiol groups is 1. The van der Waals surface area contributed by atoms with E-state index >= 15 is 0 Å². The molecular formula is C19H24CsNO2S. The van der Waals surface area contributed by atoms with Crippen molar-refractivity contribution in [2.45, 2.75) is 19.6 Å². The molecule has 0 aliphatic carbocycles. The summed E-state index contributed by atoms with van der Waals surface area (Å²) in [7, 11) is 0. The smallest absolute Gasteiger partial charge is 0.377 e. The molecule has 2 aromatic rings. The zero-order chi connectivity index (χ0) is 15.6. The van der Waals surface area contributed by atoms with Crippen molar-refractivity contribution >= 4 is 18.5 Å². The van der Waals surface area contributed by atoms with Gasteiger partial charge in [-0.15, -0.1) is 0 Å². The Bertz CT molecular complexity index is 593. The molecule has 3 rings (SSSR count). The van der Waals surface area contributed by atoms with Crippen molar-refractivity contribution in [1.29, 1.82) is 0 Å².